The van der Waals surface area contributed by atoms with Gasteiger partial charge in [-0.3, -0.25) is 5.41 Å². The van der Waals surface area contributed by atoms with Crippen molar-refractivity contribution in [1.82, 2.24) is 0 Å². The number of alkyl halides is 3. The SMILES string of the molecule is C=CCOc1ccc(C(Nc2ccc(C(=N)N)cc2)C(=O)O)cc1OCC=C.O=C(O)C(F)(F)F. The Balaban J connectivity index is 0.000000762. The van der Waals surface area contributed by atoms with Crippen LogP contribution in [0.2, 0.25) is 0 Å². The Morgan fingerprint density at radius 3 is 1.97 bits per heavy atom. The van der Waals surface area contributed by atoms with E-state index in [0.717, 1.165) is 0 Å². The second kappa shape index (κ2) is 13.3. The van der Waals surface area contributed by atoms with E-state index in [9.17, 15) is 23.1 Å². The summed E-state index contributed by atoms with van der Waals surface area (Å²) in [6, 6.07) is 10.6. The number of amidine groups is 1. The van der Waals surface area contributed by atoms with Gasteiger partial charge in [-0.2, -0.15) is 13.2 Å². The van der Waals surface area contributed by atoms with Crippen molar-refractivity contribution in [3.63, 3.8) is 0 Å². The molecule has 1 atom stereocenters. The Kier molecular flexibility index (Phi) is 10.8. The number of carbonyl (C=O) groups is 2. The fraction of sp³-hybridized carbons (Fsp3) is 0.174. The highest BCUT2D eigenvalue weighted by molar-refractivity contribution is 5.95. The minimum Gasteiger partial charge on any atom is -0.486 e. The molecule has 1 unspecified atom stereocenters. The number of carboxylic acids is 2. The van der Waals surface area contributed by atoms with Crippen molar-refractivity contribution in [2.75, 3.05) is 18.5 Å². The minimum atomic E-state index is -5.08. The molecule has 6 N–H and O–H groups in total. The summed E-state index contributed by atoms with van der Waals surface area (Å²) in [7, 11) is 0. The highest BCUT2D eigenvalue weighted by atomic mass is 19.4. The Hall–Kier alpha value is -4.48. The molecule has 0 aliphatic heterocycles. The number of nitrogens with one attached hydrogen (secondary N) is 2. The summed E-state index contributed by atoms with van der Waals surface area (Å²) in [6.07, 6.45) is -1.88. The molecule has 2 aromatic rings. The van der Waals surface area contributed by atoms with Gasteiger partial charge in [-0.05, 0) is 42.0 Å². The third-order valence-corrected chi connectivity index (χ3v) is 4.01. The monoisotopic (exact) mass is 495 g/mol. The van der Waals surface area contributed by atoms with Gasteiger partial charge in [-0.1, -0.05) is 31.4 Å². The van der Waals surface area contributed by atoms with Gasteiger partial charge < -0.3 is 30.7 Å². The van der Waals surface area contributed by atoms with Crippen LogP contribution in [0.4, 0.5) is 18.9 Å². The topological polar surface area (TPSA) is 155 Å². The van der Waals surface area contributed by atoms with Gasteiger partial charge in [0.05, 0.1) is 0 Å². The molecule has 0 aliphatic rings. The number of anilines is 1. The van der Waals surface area contributed by atoms with Crippen LogP contribution < -0.4 is 20.5 Å². The quantitative estimate of drug-likeness (QED) is 0.178. The van der Waals surface area contributed by atoms with Crippen molar-refractivity contribution >= 4 is 23.5 Å². The van der Waals surface area contributed by atoms with Crippen LogP contribution in [0.25, 0.3) is 0 Å². The number of halogens is 3. The minimum absolute atomic E-state index is 0.0551. The zero-order valence-corrected chi connectivity index (χ0v) is 18.3. The van der Waals surface area contributed by atoms with E-state index in [1.807, 2.05) is 0 Å². The van der Waals surface area contributed by atoms with Crippen LogP contribution in [-0.2, 0) is 9.59 Å². The lowest BCUT2D eigenvalue weighted by molar-refractivity contribution is -0.192. The zero-order chi connectivity index (χ0) is 26.6. The van der Waals surface area contributed by atoms with Gasteiger partial charge in [0.2, 0.25) is 0 Å². The molecule has 188 valence electrons. The Morgan fingerprint density at radius 2 is 1.54 bits per heavy atom. The molecular weight excluding hydrogens is 471 g/mol. The van der Waals surface area contributed by atoms with E-state index in [1.165, 1.54) is 0 Å². The van der Waals surface area contributed by atoms with Gasteiger partial charge in [0, 0.05) is 11.3 Å². The number of rotatable bonds is 11. The van der Waals surface area contributed by atoms with Crippen molar-refractivity contribution in [2.24, 2.45) is 5.73 Å². The smallest absolute Gasteiger partial charge is 0.486 e. The number of carboxylic acid groups (broad SMARTS) is 2. The molecule has 0 saturated carbocycles. The lowest BCUT2D eigenvalue weighted by atomic mass is 10.1. The standard InChI is InChI=1S/C21H23N3O4.C2HF3O2/c1-3-11-27-17-10-7-15(13-18(17)28-12-4-2)19(21(25)26)24-16-8-5-14(6-9-16)20(22)23;3-2(4,5)1(6)7/h3-10,13,19,24H,1-2,11-12H2,(H3,22,23)(H,25,26);(H,6,7). The molecule has 12 heteroatoms. The summed E-state index contributed by atoms with van der Waals surface area (Å²) in [5.74, 6) is -2.96. The average molecular weight is 495 g/mol. The van der Waals surface area contributed by atoms with Crippen LogP contribution in [0, 0.1) is 5.41 Å². The largest absolute Gasteiger partial charge is 0.490 e. The number of aliphatic carboxylic acids is 2. The Labute approximate surface area is 198 Å². The first-order valence-electron chi connectivity index (χ1n) is 9.76. The Bertz CT molecular complexity index is 1060. The van der Waals surface area contributed by atoms with E-state index in [0.29, 0.717) is 34.9 Å². The predicted molar refractivity (Wildman–Crippen MR) is 123 cm³/mol. The maximum atomic E-state index is 11.8. The summed E-state index contributed by atoms with van der Waals surface area (Å²) >= 11 is 0. The van der Waals surface area contributed by atoms with Gasteiger partial charge in [0.25, 0.3) is 0 Å². The highest BCUT2D eigenvalue weighted by Crippen LogP contribution is 2.32. The van der Waals surface area contributed by atoms with Crippen LogP contribution >= 0.6 is 0 Å². The van der Waals surface area contributed by atoms with Gasteiger partial charge >= 0.3 is 18.1 Å². The third-order valence-electron chi connectivity index (χ3n) is 4.01. The molecular formula is C23H24F3N3O6. The van der Waals surface area contributed by atoms with Crippen LogP contribution in [0.5, 0.6) is 11.5 Å². The summed E-state index contributed by atoms with van der Waals surface area (Å²) in [4.78, 5) is 20.7. The lowest BCUT2D eigenvalue weighted by Gasteiger charge is -2.19. The second-order valence-corrected chi connectivity index (χ2v) is 6.62. The van der Waals surface area contributed by atoms with E-state index >= 15 is 0 Å². The maximum absolute atomic E-state index is 11.8. The molecule has 0 radical (unpaired) electrons. The number of benzene rings is 2. The third kappa shape index (κ3) is 9.50. The molecule has 0 saturated heterocycles. The summed E-state index contributed by atoms with van der Waals surface area (Å²) < 4.78 is 42.9. The number of ether oxygens (including phenoxy) is 2. The highest BCUT2D eigenvalue weighted by Gasteiger charge is 2.38. The molecule has 35 heavy (non-hydrogen) atoms. The summed E-state index contributed by atoms with van der Waals surface area (Å²) in [5, 5.41) is 27.2. The van der Waals surface area contributed by atoms with Gasteiger partial charge in [-0.15, -0.1) is 0 Å². The fourth-order valence-corrected chi connectivity index (χ4v) is 2.43. The van der Waals surface area contributed by atoms with Crippen molar-refractivity contribution < 1.29 is 42.4 Å². The summed E-state index contributed by atoms with van der Waals surface area (Å²) in [5.41, 5.74) is 7.07. The molecule has 0 amide bonds. The molecule has 0 aromatic heterocycles. The first kappa shape index (κ1) is 28.6. The molecule has 0 heterocycles. The van der Waals surface area contributed by atoms with E-state index in [-0.39, 0.29) is 12.4 Å². The molecule has 0 bridgehead atoms. The second-order valence-electron chi connectivity index (χ2n) is 6.62. The zero-order valence-electron chi connectivity index (χ0n) is 18.3. The van der Waals surface area contributed by atoms with Crippen molar-refractivity contribution in [3.05, 3.63) is 78.9 Å². The van der Waals surface area contributed by atoms with Crippen LogP contribution in [0.15, 0.2) is 67.8 Å². The molecule has 0 fully saturated rings. The summed E-state index contributed by atoms with van der Waals surface area (Å²) in [6.45, 7) is 7.78. The molecule has 0 spiro atoms. The van der Waals surface area contributed by atoms with E-state index in [4.69, 9.17) is 30.5 Å². The van der Waals surface area contributed by atoms with Crippen LogP contribution in [-0.4, -0.2) is 47.4 Å². The van der Waals surface area contributed by atoms with Crippen LogP contribution in [0.3, 0.4) is 0 Å². The number of nitrogens with two attached hydrogens (primary N) is 1. The van der Waals surface area contributed by atoms with Crippen molar-refractivity contribution in [2.45, 2.75) is 12.2 Å². The predicted octanol–water partition coefficient (Wildman–Crippen LogP) is 3.97. The average Bonchev–Trinajstić information content (AvgIpc) is 2.80. The van der Waals surface area contributed by atoms with E-state index in [2.05, 4.69) is 18.5 Å². The van der Waals surface area contributed by atoms with Crippen molar-refractivity contribution in [1.29, 1.82) is 5.41 Å². The first-order valence-corrected chi connectivity index (χ1v) is 9.76. The molecule has 9 nitrogen and oxygen atoms in total. The first-order chi connectivity index (χ1) is 16.4. The van der Waals surface area contributed by atoms with Gasteiger partial charge in [-0.25, -0.2) is 9.59 Å². The molecule has 0 aliphatic carbocycles. The van der Waals surface area contributed by atoms with Crippen molar-refractivity contribution in [3.8, 4) is 11.5 Å². The van der Waals surface area contributed by atoms with E-state index < -0.39 is 24.2 Å². The fourth-order valence-electron chi connectivity index (χ4n) is 2.43. The number of hydrogen-bond donors (Lipinski definition) is 5. The molecule has 2 rings (SSSR count). The molecule has 2 aromatic carbocycles. The lowest BCUT2D eigenvalue weighted by Crippen LogP contribution is -2.21. The van der Waals surface area contributed by atoms with E-state index in [1.54, 1.807) is 54.6 Å². The van der Waals surface area contributed by atoms with Crippen LogP contribution in [0.1, 0.15) is 17.2 Å². The maximum Gasteiger partial charge on any atom is 0.490 e. The number of nitrogen functional groups attached to an aromatic ring is 1. The number of hydrogen-bond acceptors (Lipinski definition) is 6. The van der Waals surface area contributed by atoms with Gasteiger partial charge in [0.15, 0.2) is 17.5 Å². The normalized spacial score (nSPS) is 11.2. The van der Waals surface area contributed by atoms with Gasteiger partial charge in [0.1, 0.15) is 19.0 Å². The Morgan fingerprint density at radius 1 is 1.03 bits per heavy atom.